The number of carbonyl (C=O) groups excluding carboxylic acids is 1. The molecule has 1 aliphatic rings. The summed E-state index contributed by atoms with van der Waals surface area (Å²) in [5.74, 6) is -2.35. The lowest BCUT2D eigenvalue weighted by Crippen LogP contribution is -2.39. The number of likely N-dealkylation sites (tertiary alicyclic amines) is 1. The molecule has 0 aliphatic carbocycles. The molecule has 0 saturated carbocycles. The van der Waals surface area contributed by atoms with Crippen LogP contribution in [0.3, 0.4) is 0 Å². The maximum absolute atomic E-state index is 13.3. The molecule has 0 bridgehead atoms. The van der Waals surface area contributed by atoms with Gasteiger partial charge in [0.05, 0.1) is 23.0 Å². The maximum atomic E-state index is 13.3. The summed E-state index contributed by atoms with van der Waals surface area (Å²) < 4.78 is 26.7. The highest BCUT2D eigenvalue weighted by atomic mass is 32.2. The van der Waals surface area contributed by atoms with Gasteiger partial charge in [-0.2, -0.15) is 0 Å². The number of nitrogens with zero attached hydrogens (tertiary/aromatic N) is 1. The third kappa shape index (κ3) is 6.47. The molecule has 2 atom stereocenters. The average molecular weight is 534 g/mol. The van der Waals surface area contributed by atoms with Crippen LogP contribution in [0.4, 0.5) is 0 Å². The van der Waals surface area contributed by atoms with Gasteiger partial charge in [0, 0.05) is 18.2 Å². The Kier molecular flexibility index (Phi) is 8.26. The van der Waals surface area contributed by atoms with Gasteiger partial charge in [0.25, 0.3) is 0 Å². The van der Waals surface area contributed by atoms with E-state index in [4.69, 9.17) is 11.1 Å². The van der Waals surface area contributed by atoms with Crippen molar-refractivity contribution in [2.45, 2.75) is 36.6 Å². The lowest BCUT2D eigenvalue weighted by molar-refractivity contribution is -0.142. The number of hydrogen-bond acceptors (Lipinski definition) is 5. The molecule has 0 unspecified atom stereocenters. The van der Waals surface area contributed by atoms with Gasteiger partial charge in [0.15, 0.2) is 9.84 Å². The highest BCUT2D eigenvalue weighted by Crippen LogP contribution is 2.31. The second kappa shape index (κ2) is 11.6. The molecule has 4 N–H and O–H groups in total. The first-order valence-corrected chi connectivity index (χ1v) is 14.1. The number of carboxylic acid groups (broad SMARTS) is 1. The summed E-state index contributed by atoms with van der Waals surface area (Å²) in [5, 5.41) is 16.8. The van der Waals surface area contributed by atoms with E-state index in [9.17, 15) is 23.1 Å². The van der Waals surface area contributed by atoms with Crippen molar-refractivity contribution in [1.82, 2.24) is 4.90 Å². The molecular formula is C29H31N3O5S. The highest BCUT2D eigenvalue weighted by molar-refractivity contribution is 7.91. The summed E-state index contributed by atoms with van der Waals surface area (Å²) in [6, 6.07) is 22.9. The van der Waals surface area contributed by atoms with Crippen LogP contribution >= 0.6 is 0 Å². The largest absolute Gasteiger partial charge is 0.481 e. The van der Waals surface area contributed by atoms with Crippen LogP contribution < -0.4 is 5.73 Å². The van der Waals surface area contributed by atoms with Crippen molar-refractivity contribution >= 4 is 27.5 Å². The van der Waals surface area contributed by atoms with Gasteiger partial charge in [-0.1, -0.05) is 66.7 Å². The number of amides is 1. The Morgan fingerprint density at radius 1 is 0.974 bits per heavy atom. The first kappa shape index (κ1) is 27.1. The predicted octanol–water partition coefficient (Wildman–Crippen LogP) is 3.74. The fourth-order valence-corrected chi connectivity index (χ4v) is 6.51. The summed E-state index contributed by atoms with van der Waals surface area (Å²) in [5.41, 5.74) is 8.92. The number of hydrogen-bond donors (Lipinski definition) is 3. The summed E-state index contributed by atoms with van der Waals surface area (Å²) in [6.07, 6.45) is 1.30. The van der Waals surface area contributed by atoms with Gasteiger partial charge in [0.2, 0.25) is 5.91 Å². The Morgan fingerprint density at radius 3 is 2.16 bits per heavy atom. The van der Waals surface area contributed by atoms with E-state index in [0.717, 1.165) is 23.1 Å². The van der Waals surface area contributed by atoms with Gasteiger partial charge in [-0.25, -0.2) is 8.42 Å². The molecule has 0 spiro atoms. The SMILES string of the molecule is N=C(N)c1ccc(-c2ccc(S(=O)(=O)C[C@@H]3C[C@@H](CC(=O)O)C(=O)N3CCCc3ccccc3)cc2)cc1. The molecule has 3 aromatic carbocycles. The zero-order valence-electron chi connectivity index (χ0n) is 20.9. The molecule has 1 fully saturated rings. The Labute approximate surface area is 222 Å². The maximum Gasteiger partial charge on any atom is 0.304 e. The van der Waals surface area contributed by atoms with Crippen LogP contribution in [0, 0.1) is 11.3 Å². The van der Waals surface area contributed by atoms with Crippen molar-refractivity contribution in [1.29, 1.82) is 5.41 Å². The lowest BCUT2D eigenvalue weighted by atomic mass is 10.0. The average Bonchev–Trinajstić information content (AvgIpc) is 3.17. The summed E-state index contributed by atoms with van der Waals surface area (Å²) >= 11 is 0. The minimum atomic E-state index is -3.73. The Hall–Kier alpha value is -3.98. The highest BCUT2D eigenvalue weighted by Gasteiger charge is 2.42. The van der Waals surface area contributed by atoms with Crippen LogP contribution in [-0.4, -0.2) is 54.5 Å². The third-order valence-electron chi connectivity index (χ3n) is 6.91. The number of carboxylic acids is 1. The van der Waals surface area contributed by atoms with Crippen molar-refractivity contribution in [2.24, 2.45) is 11.7 Å². The molecular weight excluding hydrogens is 502 g/mol. The summed E-state index contributed by atoms with van der Waals surface area (Å²) in [6.45, 7) is 0.374. The van der Waals surface area contributed by atoms with Crippen LogP contribution in [0.5, 0.6) is 0 Å². The van der Waals surface area contributed by atoms with E-state index in [1.807, 2.05) is 42.5 Å². The van der Waals surface area contributed by atoms with Crippen molar-refractivity contribution < 1.29 is 23.1 Å². The molecule has 8 nitrogen and oxygen atoms in total. The molecule has 1 amide bonds. The van der Waals surface area contributed by atoms with Crippen molar-refractivity contribution in [2.75, 3.05) is 12.3 Å². The standard InChI is InChI=1S/C29H31N3O5S/c30-28(31)23-10-8-21(9-11-23)22-12-14-26(15-13-22)38(36,37)19-25-17-24(18-27(33)34)29(35)32(25)16-4-7-20-5-2-1-3-6-20/h1-3,5-6,8-15,24-25H,4,7,16-19H2,(H3,30,31)(H,33,34)/t24-,25-/m0/s1. The fraction of sp³-hybridized carbons (Fsp3) is 0.276. The zero-order chi connectivity index (χ0) is 27.3. The van der Waals surface area contributed by atoms with Crippen LogP contribution in [0.2, 0.25) is 0 Å². The van der Waals surface area contributed by atoms with E-state index >= 15 is 0 Å². The third-order valence-corrected chi connectivity index (χ3v) is 8.73. The molecule has 38 heavy (non-hydrogen) atoms. The number of amidine groups is 1. The van der Waals surface area contributed by atoms with E-state index in [1.54, 1.807) is 41.3 Å². The quantitative estimate of drug-likeness (QED) is 0.253. The van der Waals surface area contributed by atoms with Gasteiger partial charge in [-0.15, -0.1) is 0 Å². The summed E-state index contributed by atoms with van der Waals surface area (Å²) in [7, 11) is -3.73. The predicted molar refractivity (Wildman–Crippen MR) is 146 cm³/mol. The first-order chi connectivity index (χ1) is 18.1. The van der Waals surface area contributed by atoms with Gasteiger partial charge < -0.3 is 15.7 Å². The zero-order valence-corrected chi connectivity index (χ0v) is 21.7. The number of nitrogens with one attached hydrogen (secondary N) is 1. The molecule has 1 heterocycles. The van der Waals surface area contributed by atoms with Gasteiger partial charge in [-0.3, -0.25) is 15.0 Å². The first-order valence-electron chi connectivity index (χ1n) is 12.5. The minimum absolute atomic E-state index is 0.0249. The normalized spacial score (nSPS) is 17.5. The monoisotopic (exact) mass is 533 g/mol. The molecule has 4 rings (SSSR count). The van der Waals surface area contributed by atoms with Crippen molar-refractivity contribution in [3.63, 3.8) is 0 Å². The number of carbonyl (C=O) groups is 2. The van der Waals surface area contributed by atoms with E-state index in [2.05, 4.69) is 0 Å². The smallest absolute Gasteiger partial charge is 0.304 e. The number of nitrogen functional groups attached to an aromatic ring is 1. The molecule has 1 saturated heterocycles. The number of aliphatic carboxylic acids is 1. The molecule has 0 aromatic heterocycles. The lowest BCUT2D eigenvalue weighted by Gasteiger charge is -2.25. The second-order valence-electron chi connectivity index (χ2n) is 9.60. The summed E-state index contributed by atoms with van der Waals surface area (Å²) in [4.78, 5) is 26.1. The van der Waals surface area contributed by atoms with Crippen molar-refractivity contribution in [3.05, 3.63) is 90.0 Å². The number of sulfone groups is 1. The molecule has 0 radical (unpaired) electrons. The van der Waals surface area contributed by atoms with Crippen LogP contribution in [0.25, 0.3) is 11.1 Å². The molecule has 3 aromatic rings. The Bertz CT molecular complexity index is 1400. The van der Waals surface area contributed by atoms with Gasteiger partial charge >= 0.3 is 5.97 Å². The molecule has 198 valence electrons. The number of nitrogens with two attached hydrogens (primary N) is 1. The second-order valence-corrected chi connectivity index (χ2v) is 11.6. The van der Waals surface area contributed by atoms with Crippen LogP contribution in [0.1, 0.15) is 30.4 Å². The van der Waals surface area contributed by atoms with E-state index in [0.29, 0.717) is 18.5 Å². The van der Waals surface area contributed by atoms with Crippen LogP contribution in [-0.2, 0) is 25.8 Å². The fourth-order valence-electron chi connectivity index (χ4n) is 4.95. The minimum Gasteiger partial charge on any atom is -0.481 e. The van der Waals surface area contributed by atoms with E-state index < -0.39 is 27.8 Å². The number of benzene rings is 3. The Balaban J connectivity index is 1.48. The van der Waals surface area contributed by atoms with Gasteiger partial charge in [0.1, 0.15) is 5.84 Å². The molecule has 9 heteroatoms. The number of aryl methyl sites for hydroxylation is 1. The van der Waals surface area contributed by atoms with E-state index in [1.165, 1.54) is 0 Å². The Morgan fingerprint density at radius 2 is 1.58 bits per heavy atom. The van der Waals surface area contributed by atoms with Gasteiger partial charge in [-0.05, 0) is 48.1 Å². The molecule has 1 aliphatic heterocycles. The van der Waals surface area contributed by atoms with E-state index in [-0.39, 0.29) is 35.2 Å². The number of rotatable bonds is 11. The topological polar surface area (TPSA) is 142 Å². The van der Waals surface area contributed by atoms with Crippen LogP contribution in [0.15, 0.2) is 83.8 Å². The van der Waals surface area contributed by atoms with Crippen molar-refractivity contribution in [3.8, 4) is 11.1 Å².